The van der Waals surface area contributed by atoms with Gasteiger partial charge in [0.2, 0.25) is 0 Å². The van der Waals surface area contributed by atoms with Crippen molar-refractivity contribution in [1.29, 1.82) is 0 Å². The Kier molecular flexibility index (Phi) is 3.15. The van der Waals surface area contributed by atoms with Crippen molar-refractivity contribution in [3.63, 3.8) is 0 Å². The number of halogens is 4. The highest BCUT2D eigenvalue weighted by Crippen LogP contribution is 2.23. The number of alkyl halides is 3. The zero-order valence-corrected chi connectivity index (χ0v) is 7.53. The average molecular weight is 214 g/mol. The Morgan fingerprint density at radius 1 is 1.27 bits per heavy atom. The molecule has 0 fully saturated rings. The molecule has 0 bridgehead atoms. The molecule has 0 radical (unpaired) electrons. The molecular weight excluding hydrogens is 208 g/mol. The summed E-state index contributed by atoms with van der Waals surface area (Å²) in [6, 6.07) is 5.02. The van der Waals surface area contributed by atoms with Gasteiger partial charge in [0, 0.05) is 5.56 Å². The predicted octanol–water partition coefficient (Wildman–Crippen LogP) is 3.30. The Morgan fingerprint density at radius 2 is 1.93 bits per heavy atom. The summed E-state index contributed by atoms with van der Waals surface area (Å²) in [6.45, 7) is 2.77. The number of rotatable bonds is 0. The van der Waals surface area contributed by atoms with Crippen molar-refractivity contribution in [2.45, 2.75) is 6.18 Å². The van der Waals surface area contributed by atoms with Crippen molar-refractivity contribution in [2.24, 2.45) is 0 Å². The van der Waals surface area contributed by atoms with Gasteiger partial charge < -0.3 is 0 Å². The van der Waals surface area contributed by atoms with Gasteiger partial charge in [-0.25, -0.2) is 4.39 Å². The first-order valence-electron chi connectivity index (χ1n) is 3.93. The molecule has 0 amide bonds. The molecule has 0 N–H and O–H groups in total. The van der Waals surface area contributed by atoms with Crippen LogP contribution in [0.3, 0.4) is 0 Å². The van der Waals surface area contributed by atoms with Crippen LogP contribution >= 0.6 is 0 Å². The molecule has 78 valence electrons. The summed E-state index contributed by atoms with van der Waals surface area (Å²) < 4.78 is 48.5. The molecule has 0 aliphatic heterocycles. The van der Waals surface area contributed by atoms with Crippen LogP contribution in [-0.4, -0.2) is 6.18 Å². The normalized spacial score (nSPS) is 10.4. The molecule has 0 nitrogen and oxygen atoms in total. The Hall–Kier alpha value is -1.76. The molecule has 0 spiro atoms. The monoisotopic (exact) mass is 214 g/mol. The van der Waals surface area contributed by atoms with Crippen LogP contribution in [0.2, 0.25) is 0 Å². The second-order valence-electron chi connectivity index (χ2n) is 2.74. The van der Waals surface area contributed by atoms with Crippen molar-refractivity contribution in [3.8, 4) is 11.8 Å². The highest BCUT2D eigenvalue weighted by atomic mass is 19.4. The largest absolute Gasteiger partial charge is 0.423 e. The van der Waals surface area contributed by atoms with Crippen LogP contribution in [0, 0.1) is 17.7 Å². The van der Waals surface area contributed by atoms with Crippen molar-refractivity contribution in [2.75, 3.05) is 0 Å². The first-order chi connectivity index (χ1) is 6.89. The SMILES string of the molecule is C=C(C#Cc1cccc(F)c1)C(F)(F)F. The highest BCUT2D eigenvalue weighted by molar-refractivity contribution is 5.41. The number of hydrogen-bond donors (Lipinski definition) is 0. The number of benzene rings is 1. The van der Waals surface area contributed by atoms with Gasteiger partial charge in [0.1, 0.15) is 5.82 Å². The van der Waals surface area contributed by atoms with E-state index >= 15 is 0 Å². The summed E-state index contributed by atoms with van der Waals surface area (Å²) in [6.07, 6.45) is -4.53. The van der Waals surface area contributed by atoms with Gasteiger partial charge in [-0.15, -0.1) is 0 Å². The minimum Gasteiger partial charge on any atom is -0.207 e. The standard InChI is InChI=1S/C11H6F4/c1-8(11(13,14)15)5-6-9-3-2-4-10(12)7-9/h2-4,7H,1H2. The van der Waals surface area contributed by atoms with Crippen LogP contribution < -0.4 is 0 Å². The quantitative estimate of drug-likeness (QED) is 0.459. The topological polar surface area (TPSA) is 0 Å². The smallest absolute Gasteiger partial charge is 0.207 e. The fourth-order valence-corrected chi connectivity index (χ4v) is 0.785. The molecule has 0 aliphatic carbocycles. The lowest BCUT2D eigenvalue weighted by Crippen LogP contribution is -2.08. The molecule has 1 aromatic rings. The molecule has 0 saturated carbocycles. The van der Waals surface area contributed by atoms with Crippen molar-refractivity contribution >= 4 is 0 Å². The van der Waals surface area contributed by atoms with E-state index in [1.54, 1.807) is 0 Å². The Morgan fingerprint density at radius 3 is 2.47 bits per heavy atom. The van der Waals surface area contributed by atoms with Crippen molar-refractivity contribution in [3.05, 3.63) is 47.8 Å². The van der Waals surface area contributed by atoms with E-state index in [9.17, 15) is 17.6 Å². The van der Waals surface area contributed by atoms with Gasteiger partial charge in [-0.2, -0.15) is 13.2 Å². The molecule has 0 atom stereocenters. The molecule has 15 heavy (non-hydrogen) atoms. The van der Waals surface area contributed by atoms with Crippen molar-refractivity contribution < 1.29 is 17.6 Å². The van der Waals surface area contributed by atoms with Gasteiger partial charge in [0.15, 0.2) is 0 Å². The van der Waals surface area contributed by atoms with Crippen LogP contribution in [-0.2, 0) is 0 Å². The third-order valence-corrected chi connectivity index (χ3v) is 1.52. The maximum atomic E-state index is 12.6. The summed E-state index contributed by atoms with van der Waals surface area (Å²) in [7, 11) is 0. The van der Waals surface area contributed by atoms with E-state index in [0.717, 1.165) is 6.07 Å². The maximum absolute atomic E-state index is 12.6. The van der Waals surface area contributed by atoms with Gasteiger partial charge in [-0.3, -0.25) is 0 Å². The van der Waals surface area contributed by atoms with E-state index in [4.69, 9.17) is 0 Å². The van der Waals surface area contributed by atoms with Gasteiger partial charge >= 0.3 is 6.18 Å². The van der Waals surface area contributed by atoms with E-state index in [1.165, 1.54) is 18.2 Å². The van der Waals surface area contributed by atoms with E-state index in [2.05, 4.69) is 12.5 Å². The van der Waals surface area contributed by atoms with Crippen molar-refractivity contribution in [1.82, 2.24) is 0 Å². The van der Waals surface area contributed by atoms with Crippen LogP contribution in [0.15, 0.2) is 36.4 Å². The third-order valence-electron chi connectivity index (χ3n) is 1.52. The second-order valence-corrected chi connectivity index (χ2v) is 2.74. The highest BCUT2D eigenvalue weighted by Gasteiger charge is 2.30. The zero-order chi connectivity index (χ0) is 11.5. The van der Waals surface area contributed by atoms with Gasteiger partial charge in [0.25, 0.3) is 0 Å². The average Bonchev–Trinajstić information content (AvgIpc) is 2.12. The fourth-order valence-electron chi connectivity index (χ4n) is 0.785. The zero-order valence-electron chi connectivity index (χ0n) is 7.53. The van der Waals surface area contributed by atoms with E-state index in [0.29, 0.717) is 0 Å². The van der Waals surface area contributed by atoms with E-state index in [-0.39, 0.29) is 5.56 Å². The summed E-state index contributed by atoms with van der Waals surface area (Å²) in [5.74, 6) is 3.47. The Balaban J connectivity index is 2.88. The molecule has 4 heteroatoms. The van der Waals surface area contributed by atoms with Crippen LogP contribution in [0.25, 0.3) is 0 Å². The Labute approximate surface area is 84.2 Å². The first-order valence-corrected chi connectivity index (χ1v) is 3.93. The molecule has 1 rings (SSSR count). The molecular formula is C11H6F4. The molecule has 0 unspecified atom stereocenters. The second kappa shape index (κ2) is 4.18. The minimum absolute atomic E-state index is 0.181. The fraction of sp³-hybridized carbons (Fsp3) is 0.0909. The molecule has 0 aliphatic rings. The minimum atomic E-state index is -4.53. The lowest BCUT2D eigenvalue weighted by Gasteiger charge is -2.01. The Bertz CT molecular complexity index is 432. The maximum Gasteiger partial charge on any atom is 0.423 e. The van der Waals surface area contributed by atoms with Crippen LogP contribution in [0.5, 0.6) is 0 Å². The number of allylic oxidation sites excluding steroid dienone is 1. The summed E-state index contributed by atoms with van der Waals surface area (Å²) in [5.41, 5.74) is -0.966. The third kappa shape index (κ3) is 3.47. The van der Waals surface area contributed by atoms with E-state index in [1.807, 2.05) is 5.92 Å². The molecule has 0 saturated heterocycles. The van der Waals surface area contributed by atoms with Gasteiger partial charge in [0.05, 0.1) is 5.57 Å². The van der Waals surface area contributed by atoms with E-state index < -0.39 is 17.6 Å². The lowest BCUT2D eigenvalue weighted by atomic mass is 10.2. The van der Waals surface area contributed by atoms with Gasteiger partial charge in [-0.1, -0.05) is 24.5 Å². The first kappa shape index (κ1) is 11.3. The summed E-state index contributed by atoms with van der Waals surface area (Å²) >= 11 is 0. The van der Waals surface area contributed by atoms with Crippen LogP contribution in [0.4, 0.5) is 17.6 Å². The van der Waals surface area contributed by atoms with Gasteiger partial charge in [-0.05, 0) is 18.2 Å². The molecule has 0 aromatic heterocycles. The molecule has 0 heterocycles. The lowest BCUT2D eigenvalue weighted by molar-refractivity contribution is -0.0868. The number of hydrogen-bond acceptors (Lipinski definition) is 0. The summed E-state index contributed by atoms with van der Waals surface area (Å²) in [5, 5.41) is 0. The predicted molar refractivity (Wildman–Crippen MR) is 48.5 cm³/mol. The molecule has 1 aromatic carbocycles. The van der Waals surface area contributed by atoms with Crippen LogP contribution in [0.1, 0.15) is 5.56 Å². The summed E-state index contributed by atoms with van der Waals surface area (Å²) in [4.78, 5) is 0.